The number of rotatable bonds is 7. The Balaban J connectivity index is 2.07. The average molecular weight is 291 g/mol. The average Bonchev–Trinajstić information content (AvgIpc) is 2.53. The van der Waals surface area contributed by atoms with Crippen molar-refractivity contribution < 1.29 is 13.9 Å². The number of hydrogen-bond donors (Lipinski definition) is 2. The Bertz CT molecular complexity index is 479. The fourth-order valence-electron chi connectivity index (χ4n) is 2.26. The number of hydrogen-bond acceptors (Lipinski definition) is 2. The Labute approximate surface area is 123 Å². The molecule has 1 unspecified atom stereocenters. The fraction of sp³-hybridized carbons (Fsp3) is 0.294. The van der Waals surface area contributed by atoms with E-state index in [0.29, 0.717) is 6.54 Å². The normalized spacial score (nSPS) is 12.8. The predicted octanol–water partition coefficient (Wildman–Crippen LogP) is 3.03. The largest absolute Gasteiger partial charge is 0.386 e. The van der Waals surface area contributed by atoms with Crippen molar-refractivity contribution in [1.82, 2.24) is 5.32 Å². The van der Waals surface area contributed by atoms with Gasteiger partial charge in [0.05, 0.1) is 0 Å². The number of alkyl halides is 2. The summed E-state index contributed by atoms with van der Waals surface area (Å²) in [4.78, 5) is 0. The molecule has 21 heavy (non-hydrogen) atoms. The van der Waals surface area contributed by atoms with Gasteiger partial charge in [0.2, 0.25) is 0 Å². The number of benzene rings is 2. The maximum Gasteiger partial charge on any atom is 0.265 e. The van der Waals surface area contributed by atoms with Gasteiger partial charge in [-0.3, -0.25) is 0 Å². The number of nitrogens with one attached hydrogen (secondary N) is 1. The summed E-state index contributed by atoms with van der Waals surface area (Å²) in [7, 11) is 0. The summed E-state index contributed by atoms with van der Waals surface area (Å²) in [6, 6.07) is 19.8. The molecule has 0 aliphatic carbocycles. The van der Waals surface area contributed by atoms with Gasteiger partial charge in [0, 0.05) is 19.0 Å². The minimum atomic E-state index is -2.72. The lowest BCUT2D eigenvalue weighted by atomic mass is 9.91. The molecule has 0 aliphatic heterocycles. The topological polar surface area (TPSA) is 32.3 Å². The van der Waals surface area contributed by atoms with Crippen LogP contribution >= 0.6 is 0 Å². The fourth-order valence-corrected chi connectivity index (χ4v) is 2.26. The molecule has 0 saturated carbocycles. The van der Waals surface area contributed by atoms with Crippen LogP contribution in [0, 0.1) is 0 Å². The first-order chi connectivity index (χ1) is 10.2. The van der Waals surface area contributed by atoms with Gasteiger partial charge in [0.1, 0.15) is 6.10 Å². The molecule has 2 rings (SSSR count). The molecule has 0 radical (unpaired) electrons. The van der Waals surface area contributed by atoms with Gasteiger partial charge in [-0.2, -0.15) is 0 Å². The minimum Gasteiger partial charge on any atom is -0.386 e. The van der Waals surface area contributed by atoms with Crippen LogP contribution in [-0.2, 0) is 0 Å². The standard InChI is InChI=1S/C17H19F2NO/c18-17(19)16(21)12-20-11-15(13-7-3-1-4-8-13)14-9-5-2-6-10-14/h1-10,15-17,20-21H,11-12H2. The molecule has 0 spiro atoms. The van der Waals surface area contributed by atoms with Crippen molar-refractivity contribution in [1.29, 1.82) is 0 Å². The summed E-state index contributed by atoms with van der Waals surface area (Å²) in [5, 5.41) is 12.1. The highest BCUT2D eigenvalue weighted by Crippen LogP contribution is 2.23. The van der Waals surface area contributed by atoms with Crippen LogP contribution < -0.4 is 5.32 Å². The molecule has 0 aliphatic rings. The van der Waals surface area contributed by atoms with E-state index in [2.05, 4.69) is 5.32 Å². The van der Waals surface area contributed by atoms with E-state index in [4.69, 9.17) is 5.11 Å². The Hall–Kier alpha value is -1.78. The SMILES string of the molecule is OC(CNCC(c1ccccc1)c1ccccc1)C(F)F. The molecule has 1 atom stereocenters. The van der Waals surface area contributed by atoms with Crippen molar-refractivity contribution in [2.45, 2.75) is 18.4 Å². The maximum absolute atomic E-state index is 12.3. The highest BCUT2D eigenvalue weighted by Gasteiger charge is 2.18. The van der Waals surface area contributed by atoms with E-state index >= 15 is 0 Å². The quantitative estimate of drug-likeness (QED) is 0.822. The molecule has 0 fully saturated rings. The zero-order valence-electron chi connectivity index (χ0n) is 11.6. The lowest BCUT2D eigenvalue weighted by molar-refractivity contribution is -0.00321. The van der Waals surface area contributed by atoms with Crippen LogP contribution in [0.3, 0.4) is 0 Å². The van der Waals surface area contributed by atoms with Crippen molar-refractivity contribution in [3.8, 4) is 0 Å². The van der Waals surface area contributed by atoms with Crippen LogP contribution in [0.25, 0.3) is 0 Å². The third-order valence-electron chi connectivity index (χ3n) is 3.40. The van der Waals surface area contributed by atoms with Crippen molar-refractivity contribution in [3.63, 3.8) is 0 Å². The molecule has 0 bridgehead atoms. The van der Waals surface area contributed by atoms with Crippen molar-refractivity contribution in [3.05, 3.63) is 71.8 Å². The molecule has 2 aromatic rings. The van der Waals surface area contributed by atoms with Gasteiger partial charge in [0.25, 0.3) is 6.43 Å². The highest BCUT2D eigenvalue weighted by atomic mass is 19.3. The predicted molar refractivity (Wildman–Crippen MR) is 79.6 cm³/mol. The third-order valence-corrected chi connectivity index (χ3v) is 3.40. The van der Waals surface area contributed by atoms with Crippen molar-refractivity contribution >= 4 is 0 Å². The van der Waals surface area contributed by atoms with Gasteiger partial charge >= 0.3 is 0 Å². The summed E-state index contributed by atoms with van der Waals surface area (Å²) in [6.45, 7) is 0.381. The highest BCUT2D eigenvalue weighted by molar-refractivity contribution is 5.32. The molecule has 2 N–H and O–H groups in total. The van der Waals surface area contributed by atoms with Gasteiger partial charge in [0.15, 0.2) is 0 Å². The molecule has 2 nitrogen and oxygen atoms in total. The van der Waals surface area contributed by atoms with Crippen LogP contribution in [0.15, 0.2) is 60.7 Å². The van der Waals surface area contributed by atoms with E-state index in [0.717, 1.165) is 11.1 Å². The van der Waals surface area contributed by atoms with Gasteiger partial charge < -0.3 is 10.4 Å². The Kier molecular flexibility index (Phi) is 5.84. The number of halogens is 2. The Morgan fingerprint density at radius 3 is 1.71 bits per heavy atom. The Morgan fingerprint density at radius 2 is 1.29 bits per heavy atom. The van der Waals surface area contributed by atoms with Crippen LogP contribution in [0.4, 0.5) is 8.78 Å². The monoisotopic (exact) mass is 291 g/mol. The second-order valence-electron chi connectivity index (χ2n) is 4.93. The Morgan fingerprint density at radius 1 is 0.810 bits per heavy atom. The smallest absolute Gasteiger partial charge is 0.265 e. The first-order valence-electron chi connectivity index (χ1n) is 6.95. The summed E-state index contributed by atoms with van der Waals surface area (Å²) in [5.41, 5.74) is 2.23. The minimum absolute atomic E-state index is 0.0669. The first-order valence-corrected chi connectivity index (χ1v) is 6.95. The van der Waals surface area contributed by atoms with Crippen molar-refractivity contribution in [2.75, 3.05) is 13.1 Å². The lowest BCUT2D eigenvalue weighted by Gasteiger charge is -2.20. The second-order valence-corrected chi connectivity index (χ2v) is 4.93. The van der Waals surface area contributed by atoms with Gasteiger partial charge in [-0.25, -0.2) is 8.78 Å². The maximum atomic E-state index is 12.3. The zero-order chi connectivity index (χ0) is 15.1. The molecular formula is C17H19F2NO. The second kappa shape index (κ2) is 7.86. The van der Waals surface area contributed by atoms with E-state index in [1.807, 2.05) is 60.7 Å². The molecule has 0 aromatic heterocycles. The van der Waals surface area contributed by atoms with E-state index < -0.39 is 12.5 Å². The van der Waals surface area contributed by atoms with Gasteiger partial charge in [-0.05, 0) is 11.1 Å². The summed E-state index contributed by atoms with van der Waals surface area (Å²) >= 11 is 0. The van der Waals surface area contributed by atoms with E-state index in [9.17, 15) is 8.78 Å². The van der Waals surface area contributed by atoms with Crippen LogP contribution in [0.2, 0.25) is 0 Å². The summed E-state index contributed by atoms with van der Waals surface area (Å²) in [5.74, 6) is 0.0669. The number of aliphatic hydroxyl groups excluding tert-OH is 1. The van der Waals surface area contributed by atoms with E-state index in [1.165, 1.54) is 0 Å². The van der Waals surface area contributed by atoms with Gasteiger partial charge in [-0.1, -0.05) is 60.7 Å². The molecule has 4 heteroatoms. The van der Waals surface area contributed by atoms with E-state index in [1.54, 1.807) is 0 Å². The number of aliphatic hydroxyl groups is 1. The zero-order valence-corrected chi connectivity index (χ0v) is 11.6. The molecule has 0 amide bonds. The molecular weight excluding hydrogens is 272 g/mol. The van der Waals surface area contributed by atoms with Crippen LogP contribution in [0.1, 0.15) is 17.0 Å². The lowest BCUT2D eigenvalue weighted by Crippen LogP contribution is -2.34. The third kappa shape index (κ3) is 4.62. The van der Waals surface area contributed by atoms with Crippen LogP contribution in [0.5, 0.6) is 0 Å². The summed E-state index contributed by atoms with van der Waals surface area (Å²) < 4.78 is 24.6. The van der Waals surface area contributed by atoms with Gasteiger partial charge in [-0.15, -0.1) is 0 Å². The summed E-state index contributed by atoms with van der Waals surface area (Å²) in [6.07, 6.45) is -4.35. The van der Waals surface area contributed by atoms with Crippen LogP contribution in [-0.4, -0.2) is 30.7 Å². The molecule has 2 aromatic carbocycles. The van der Waals surface area contributed by atoms with Crippen molar-refractivity contribution in [2.24, 2.45) is 0 Å². The first kappa shape index (κ1) is 15.6. The molecule has 0 saturated heterocycles. The van der Waals surface area contributed by atoms with E-state index in [-0.39, 0.29) is 12.5 Å². The molecule has 112 valence electrons. The molecule has 0 heterocycles.